The van der Waals surface area contributed by atoms with Crippen LogP contribution in [0.15, 0.2) is 6.07 Å². The fraction of sp³-hybridized carbons (Fsp3) is 0.538. The lowest BCUT2D eigenvalue weighted by atomic mass is 10.2. The van der Waals surface area contributed by atoms with Gasteiger partial charge >= 0.3 is 11.9 Å². The fourth-order valence-corrected chi connectivity index (χ4v) is 2.09. The quantitative estimate of drug-likeness (QED) is 0.717. The third-order valence-corrected chi connectivity index (χ3v) is 3.10. The summed E-state index contributed by atoms with van der Waals surface area (Å²) in [6.07, 6.45) is 0. The van der Waals surface area contributed by atoms with Crippen LogP contribution in [0, 0.1) is 6.92 Å². The number of carbonyl (C=O) groups excluding carboxylic acids is 2. The van der Waals surface area contributed by atoms with E-state index < -0.39 is 18.0 Å². The Bertz CT molecular complexity index is 549. The van der Waals surface area contributed by atoms with E-state index in [4.69, 9.17) is 9.47 Å². The molecule has 1 aromatic heterocycles. The van der Waals surface area contributed by atoms with Crippen molar-refractivity contribution in [2.24, 2.45) is 0 Å². The number of carbonyl (C=O) groups is 2. The Kier molecular flexibility index (Phi) is 4.69. The summed E-state index contributed by atoms with van der Waals surface area (Å²) in [4.78, 5) is 33.4. The number of hydrogen-bond donors (Lipinski definition) is 0. The first-order valence-corrected chi connectivity index (χ1v) is 6.43. The molecule has 1 aromatic rings. The van der Waals surface area contributed by atoms with Gasteiger partial charge in [0, 0.05) is 18.3 Å². The molecule has 0 N–H and O–H groups in total. The lowest BCUT2D eigenvalue weighted by Crippen LogP contribution is -2.51. The second-order valence-electron chi connectivity index (χ2n) is 4.49. The number of rotatable bonds is 3. The number of nitrogens with zero attached hydrogens (tertiary/aromatic N) is 3. The number of aryl methyl sites for hydroxylation is 1. The lowest BCUT2D eigenvalue weighted by Gasteiger charge is -2.34. The molecule has 8 heteroatoms. The SMILES string of the molecule is COC(=O)c1nc(C)cc(N2CCOCC2C(=O)OC)n1. The van der Waals surface area contributed by atoms with E-state index in [1.807, 2.05) is 0 Å². The molecule has 1 aliphatic heterocycles. The molecule has 1 unspecified atom stereocenters. The predicted molar refractivity (Wildman–Crippen MR) is 72.1 cm³/mol. The van der Waals surface area contributed by atoms with E-state index in [0.29, 0.717) is 24.7 Å². The highest BCUT2D eigenvalue weighted by Crippen LogP contribution is 2.19. The zero-order valence-corrected chi connectivity index (χ0v) is 12.2. The summed E-state index contributed by atoms with van der Waals surface area (Å²) in [6.45, 7) is 2.88. The number of aromatic nitrogens is 2. The third-order valence-electron chi connectivity index (χ3n) is 3.10. The Morgan fingerprint density at radius 2 is 2.10 bits per heavy atom. The van der Waals surface area contributed by atoms with Gasteiger partial charge in [-0.25, -0.2) is 19.6 Å². The molecule has 0 saturated carbocycles. The van der Waals surface area contributed by atoms with E-state index in [0.717, 1.165) is 0 Å². The average molecular weight is 295 g/mol. The first-order chi connectivity index (χ1) is 10.1. The Hall–Kier alpha value is -2.22. The molecule has 0 spiro atoms. The summed E-state index contributed by atoms with van der Waals surface area (Å²) in [6, 6.07) is 1.11. The topological polar surface area (TPSA) is 90.8 Å². The third kappa shape index (κ3) is 3.27. The first kappa shape index (κ1) is 15.2. The van der Waals surface area contributed by atoms with E-state index in [1.165, 1.54) is 14.2 Å². The van der Waals surface area contributed by atoms with Gasteiger partial charge in [0.05, 0.1) is 27.4 Å². The summed E-state index contributed by atoms with van der Waals surface area (Å²) >= 11 is 0. The van der Waals surface area contributed by atoms with Crippen molar-refractivity contribution in [3.8, 4) is 0 Å². The lowest BCUT2D eigenvalue weighted by molar-refractivity contribution is -0.144. The van der Waals surface area contributed by atoms with Crippen molar-refractivity contribution in [2.45, 2.75) is 13.0 Å². The molecule has 0 amide bonds. The van der Waals surface area contributed by atoms with Gasteiger partial charge in [-0.1, -0.05) is 0 Å². The zero-order valence-electron chi connectivity index (χ0n) is 12.2. The highest BCUT2D eigenvalue weighted by molar-refractivity contribution is 5.86. The van der Waals surface area contributed by atoms with Crippen LogP contribution >= 0.6 is 0 Å². The van der Waals surface area contributed by atoms with Crippen LogP contribution in [0.1, 0.15) is 16.3 Å². The van der Waals surface area contributed by atoms with Crippen molar-refractivity contribution in [3.63, 3.8) is 0 Å². The molecule has 0 aliphatic carbocycles. The number of ether oxygens (including phenoxy) is 3. The van der Waals surface area contributed by atoms with Gasteiger partial charge < -0.3 is 19.1 Å². The van der Waals surface area contributed by atoms with E-state index >= 15 is 0 Å². The number of methoxy groups -OCH3 is 2. The van der Waals surface area contributed by atoms with Crippen LogP contribution in [-0.4, -0.2) is 61.9 Å². The van der Waals surface area contributed by atoms with Crippen molar-refractivity contribution < 1.29 is 23.8 Å². The standard InChI is InChI=1S/C13H17N3O5/c1-8-6-10(15-11(14-8)13(18)20-3)16-4-5-21-7-9(16)12(17)19-2/h6,9H,4-5,7H2,1-3H3. The molecule has 0 radical (unpaired) electrons. The predicted octanol–water partition coefficient (Wildman–Crippen LogP) is -0.0502. The van der Waals surface area contributed by atoms with Crippen LogP contribution < -0.4 is 4.90 Å². The molecule has 0 bridgehead atoms. The molecule has 114 valence electrons. The van der Waals surface area contributed by atoms with Crippen LogP contribution in [0.25, 0.3) is 0 Å². The maximum atomic E-state index is 11.8. The monoisotopic (exact) mass is 295 g/mol. The Morgan fingerprint density at radius 3 is 2.76 bits per heavy atom. The summed E-state index contributed by atoms with van der Waals surface area (Å²) in [5.74, 6) is -0.599. The average Bonchev–Trinajstić information content (AvgIpc) is 2.52. The molecular weight excluding hydrogens is 278 g/mol. The number of esters is 2. The number of anilines is 1. The van der Waals surface area contributed by atoms with E-state index in [1.54, 1.807) is 17.9 Å². The smallest absolute Gasteiger partial charge is 0.376 e. The van der Waals surface area contributed by atoms with Gasteiger partial charge in [-0.15, -0.1) is 0 Å². The summed E-state index contributed by atoms with van der Waals surface area (Å²) in [7, 11) is 2.58. The fourth-order valence-electron chi connectivity index (χ4n) is 2.09. The van der Waals surface area contributed by atoms with Crippen LogP contribution in [0.5, 0.6) is 0 Å². The normalized spacial score (nSPS) is 18.2. The Morgan fingerprint density at radius 1 is 1.33 bits per heavy atom. The summed E-state index contributed by atoms with van der Waals surface area (Å²) < 4.78 is 14.7. The van der Waals surface area contributed by atoms with Gasteiger partial charge in [-0.2, -0.15) is 0 Å². The molecule has 2 heterocycles. The number of hydrogen-bond acceptors (Lipinski definition) is 8. The molecule has 2 rings (SSSR count). The first-order valence-electron chi connectivity index (χ1n) is 6.43. The maximum Gasteiger partial charge on any atom is 0.376 e. The summed E-state index contributed by atoms with van der Waals surface area (Å²) in [5, 5.41) is 0. The largest absolute Gasteiger partial charge is 0.467 e. The molecule has 8 nitrogen and oxygen atoms in total. The molecular formula is C13H17N3O5. The molecule has 1 saturated heterocycles. The van der Waals surface area contributed by atoms with Crippen molar-refractivity contribution in [1.82, 2.24) is 9.97 Å². The Balaban J connectivity index is 2.36. The van der Waals surface area contributed by atoms with Crippen LogP contribution in [-0.2, 0) is 19.0 Å². The highest BCUT2D eigenvalue weighted by atomic mass is 16.5. The molecule has 1 aliphatic rings. The zero-order chi connectivity index (χ0) is 15.4. The van der Waals surface area contributed by atoms with E-state index in [-0.39, 0.29) is 12.4 Å². The van der Waals surface area contributed by atoms with Crippen molar-refractivity contribution >= 4 is 17.8 Å². The van der Waals surface area contributed by atoms with Gasteiger partial charge in [-0.05, 0) is 6.92 Å². The minimum atomic E-state index is -0.622. The van der Waals surface area contributed by atoms with E-state index in [9.17, 15) is 9.59 Å². The van der Waals surface area contributed by atoms with Crippen molar-refractivity contribution in [3.05, 3.63) is 17.6 Å². The molecule has 21 heavy (non-hydrogen) atoms. The van der Waals surface area contributed by atoms with Crippen LogP contribution in [0.4, 0.5) is 5.82 Å². The minimum absolute atomic E-state index is 0.0393. The van der Waals surface area contributed by atoms with Gasteiger partial charge in [0.1, 0.15) is 5.82 Å². The van der Waals surface area contributed by atoms with Gasteiger partial charge in [0.2, 0.25) is 5.82 Å². The van der Waals surface area contributed by atoms with Gasteiger partial charge in [-0.3, -0.25) is 0 Å². The highest BCUT2D eigenvalue weighted by Gasteiger charge is 2.32. The maximum absolute atomic E-state index is 11.8. The van der Waals surface area contributed by atoms with E-state index in [2.05, 4.69) is 14.7 Å². The van der Waals surface area contributed by atoms with Crippen molar-refractivity contribution in [2.75, 3.05) is 38.9 Å². The Labute approximate surface area is 122 Å². The molecule has 0 aromatic carbocycles. The van der Waals surface area contributed by atoms with Gasteiger partial charge in [0.25, 0.3) is 0 Å². The second-order valence-corrected chi connectivity index (χ2v) is 4.49. The van der Waals surface area contributed by atoms with Crippen LogP contribution in [0.3, 0.4) is 0 Å². The molecule has 1 fully saturated rings. The van der Waals surface area contributed by atoms with Gasteiger partial charge in [0.15, 0.2) is 6.04 Å². The van der Waals surface area contributed by atoms with Crippen LogP contribution in [0.2, 0.25) is 0 Å². The minimum Gasteiger partial charge on any atom is -0.467 e. The molecule has 1 atom stereocenters. The van der Waals surface area contributed by atoms with Crippen molar-refractivity contribution in [1.29, 1.82) is 0 Å². The second kappa shape index (κ2) is 6.49. The number of morpholine rings is 1. The summed E-state index contributed by atoms with van der Waals surface area (Å²) in [5.41, 5.74) is 0.607.